The normalized spacial score (nSPS) is 10.6. The van der Waals surface area contributed by atoms with Crippen molar-refractivity contribution in [2.75, 3.05) is 17.2 Å². The number of halogens is 1. The largest absolute Gasteiger partial charge is 0.491 e. The van der Waals surface area contributed by atoms with Crippen molar-refractivity contribution >= 4 is 17.5 Å². The van der Waals surface area contributed by atoms with Crippen LogP contribution in [0.25, 0.3) is 11.1 Å². The number of ether oxygens (including phenoxy) is 1. The van der Waals surface area contributed by atoms with Crippen LogP contribution in [-0.2, 0) is 7.05 Å². The van der Waals surface area contributed by atoms with Crippen LogP contribution in [0.5, 0.6) is 5.75 Å². The fourth-order valence-corrected chi connectivity index (χ4v) is 2.94. The summed E-state index contributed by atoms with van der Waals surface area (Å²) >= 11 is 0. The van der Waals surface area contributed by atoms with Crippen LogP contribution >= 0.6 is 0 Å². The maximum absolute atomic E-state index is 13.5. The Labute approximate surface area is 163 Å². The Morgan fingerprint density at radius 2 is 1.93 bits per heavy atom. The van der Waals surface area contributed by atoms with Gasteiger partial charge in [-0.05, 0) is 31.0 Å². The van der Waals surface area contributed by atoms with E-state index in [1.807, 2.05) is 44.2 Å². The number of anilines is 2. The van der Waals surface area contributed by atoms with Crippen molar-refractivity contribution in [1.82, 2.24) is 9.78 Å². The molecule has 7 heteroatoms. The van der Waals surface area contributed by atoms with Crippen molar-refractivity contribution in [1.29, 1.82) is 0 Å². The van der Waals surface area contributed by atoms with Crippen molar-refractivity contribution in [3.63, 3.8) is 0 Å². The molecule has 2 aromatic carbocycles. The summed E-state index contributed by atoms with van der Waals surface area (Å²) in [6, 6.07) is 13.3. The fraction of sp³-hybridized carbons (Fsp3) is 0.238. The summed E-state index contributed by atoms with van der Waals surface area (Å²) in [7, 11) is 1.77. The maximum atomic E-state index is 13.5. The molecule has 6 nitrogen and oxygen atoms in total. The van der Waals surface area contributed by atoms with Gasteiger partial charge in [0, 0.05) is 18.7 Å². The van der Waals surface area contributed by atoms with Gasteiger partial charge in [0.25, 0.3) is 0 Å². The molecular formula is C21H23FN4O2. The quantitative estimate of drug-likeness (QED) is 0.633. The summed E-state index contributed by atoms with van der Waals surface area (Å²) in [5.74, 6) is 0.437. The lowest BCUT2D eigenvalue weighted by molar-refractivity contribution is 0.261. The Morgan fingerprint density at radius 3 is 2.64 bits per heavy atom. The Balaban J connectivity index is 1.84. The number of amides is 2. The van der Waals surface area contributed by atoms with Crippen LogP contribution in [0.1, 0.15) is 19.0 Å². The van der Waals surface area contributed by atoms with Crippen molar-refractivity contribution in [3.05, 3.63) is 60.0 Å². The predicted molar refractivity (Wildman–Crippen MR) is 108 cm³/mol. The first-order valence-electron chi connectivity index (χ1n) is 9.09. The van der Waals surface area contributed by atoms with Gasteiger partial charge < -0.3 is 10.1 Å². The molecule has 0 radical (unpaired) electrons. The zero-order valence-corrected chi connectivity index (χ0v) is 16.1. The van der Waals surface area contributed by atoms with Crippen molar-refractivity contribution in [2.24, 2.45) is 7.05 Å². The third-order valence-electron chi connectivity index (χ3n) is 4.17. The lowest BCUT2D eigenvalue weighted by atomic mass is 10.1. The zero-order chi connectivity index (χ0) is 20.1. The van der Waals surface area contributed by atoms with Gasteiger partial charge in [-0.15, -0.1) is 0 Å². The highest BCUT2D eigenvalue weighted by Gasteiger charge is 2.18. The number of aryl methyl sites for hydroxylation is 2. The molecular weight excluding hydrogens is 359 g/mol. The summed E-state index contributed by atoms with van der Waals surface area (Å²) in [6.07, 6.45) is 0.775. The number of nitrogens with zero attached hydrogens (tertiary/aromatic N) is 2. The lowest BCUT2D eigenvalue weighted by Crippen LogP contribution is -2.22. The third kappa shape index (κ3) is 4.31. The first-order valence-corrected chi connectivity index (χ1v) is 9.09. The standard InChI is InChI=1S/C21H23FN4O2/c1-4-12-28-18-13-16(22)10-11-17(18)23-21(27)24-20-19(14(2)25-26(20)3)15-8-6-5-7-9-15/h5-11,13H,4,12H2,1-3H3,(H2,23,24,27). The molecule has 0 saturated heterocycles. The number of carbonyl (C=O) groups is 1. The van der Waals surface area contributed by atoms with Crippen LogP contribution in [0, 0.1) is 12.7 Å². The highest BCUT2D eigenvalue weighted by molar-refractivity contribution is 6.02. The molecule has 0 aliphatic carbocycles. The molecule has 0 spiro atoms. The maximum Gasteiger partial charge on any atom is 0.324 e. The minimum Gasteiger partial charge on any atom is -0.491 e. The predicted octanol–water partition coefficient (Wildman–Crippen LogP) is 4.97. The molecule has 0 fully saturated rings. The zero-order valence-electron chi connectivity index (χ0n) is 16.1. The van der Waals surface area contributed by atoms with Crippen molar-refractivity contribution in [3.8, 4) is 16.9 Å². The molecule has 3 rings (SSSR count). The van der Waals surface area contributed by atoms with Crippen LogP contribution < -0.4 is 15.4 Å². The number of benzene rings is 2. The van der Waals surface area contributed by atoms with E-state index in [-0.39, 0.29) is 0 Å². The molecule has 1 heterocycles. The molecule has 1 aromatic heterocycles. The van der Waals surface area contributed by atoms with Gasteiger partial charge in [-0.2, -0.15) is 5.10 Å². The molecule has 0 aliphatic heterocycles. The molecule has 0 aliphatic rings. The monoisotopic (exact) mass is 382 g/mol. The molecule has 2 N–H and O–H groups in total. The number of rotatable bonds is 6. The van der Waals surface area contributed by atoms with Crippen molar-refractivity contribution < 1.29 is 13.9 Å². The number of hydrogen-bond donors (Lipinski definition) is 2. The van der Waals surface area contributed by atoms with E-state index < -0.39 is 11.8 Å². The smallest absolute Gasteiger partial charge is 0.324 e. The van der Waals surface area contributed by atoms with Crippen LogP contribution in [0.4, 0.5) is 20.7 Å². The first kappa shape index (κ1) is 19.4. The van der Waals surface area contributed by atoms with Crippen LogP contribution in [-0.4, -0.2) is 22.4 Å². The number of aromatic nitrogens is 2. The van der Waals surface area contributed by atoms with Gasteiger partial charge in [-0.1, -0.05) is 37.3 Å². The van der Waals surface area contributed by atoms with Crippen LogP contribution in [0.15, 0.2) is 48.5 Å². The average molecular weight is 382 g/mol. The summed E-state index contributed by atoms with van der Waals surface area (Å²) in [5, 5.41) is 9.99. The second-order valence-corrected chi connectivity index (χ2v) is 6.37. The number of carbonyl (C=O) groups excluding carboxylic acids is 1. The van der Waals surface area contributed by atoms with E-state index in [2.05, 4.69) is 15.7 Å². The second kappa shape index (κ2) is 8.56. The number of hydrogen-bond acceptors (Lipinski definition) is 3. The van der Waals surface area contributed by atoms with Gasteiger partial charge in [-0.3, -0.25) is 10.00 Å². The van der Waals surface area contributed by atoms with E-state index in [0.717, 1.165) is 23.2 Å². The fourth-order valence-electron chi connectivity index (χ4n) is 2.94. The van der Waals surface area contributed by atoms with Gasteiger partial charge in [0.1, 0.15) is 17.4 Å². The Bertz CT molecular complexity index is 970. The molecule has 0 saturated carbocycles. The number of nitrogens with one attached hydrogen (secondary N) is 2. The van der Waals surface area contributed by atoms with E-state index in [1.54, 1.807) is 11.7 Å². The molecule has 28 heavy (non-hydrogen) atoms. The van der Waals surface area contributed by atoms with Crippen LogP contribution in [0.2, 0.25) is 0 Å². The second-order valence-electron chi connectivity index (χ2n) is 6.37. The highest BCUT2D eigenvalue weighted by atomic mass is 19.1. The summed E-state index contributed by atoms with van der Waals surface area (Å²) in [5.41, 5.74) is 3.00. The van der Waals surface area contributed by atoms with Crippen molar-refractivity contribution in [2.45, 2.75) is 20.3 Å². The van der Waals surface area contributed by atoms with Gasteiger partial charge in [0.2, 0.25) is 0 Å². The molecule has 0 atom stereocenters. The average Bonchev–Trinajstić information content (AvgIpc) is 2.95. The minimum absolute atomic E-state index is 0.293. The third-order valence-corrected chi connectivity index (χ3v) is 4.17. The Kier molecular flexibility index (Phi) is 5.93. The minimum atomic E-state index is -0.465. The van der Waals surface area contributed by atoms with E-state index in [0.29, 0.717) is 23.9 Å². The Hall–Kier alpha value is -3.35. The SMILES string of the molecule is CCCOc1cc(F)ccc1NC(=O)Nc1c(-c2ccccc2)c(C)nn1C. The summed E-state index contributed by atoms with van der Waals surface area (Å²) in [4.78, 5) is 12.6. The molecule has 0 bridgehead atoms. The van der Waals surface area contributed by atoms with E-state index >= 15 is 0 Å². The summed E-state index contributed by atoms with van der Waals surface area (Å²) < 4.78 is 20.7. The molecule has 2 amide bonds. The van der Waals surface area contributed by atoms with Gasteiger partial charge >= 0.3 is 6.03 Å². The Morgan fingerprint density at radius 1 is 1.18 bits per heavy atom. The topological polar surface area (TPSA) is 68.2 Å². The van der Waals surface area contributed by atoms with Gasteiger partial charge in [-0.25, -0.2) is 9.18 Å². The first-order chi connectivity index (χ1) is 13.5. The number of urea groups is 1. The van der Waals surface area contributed by atoms with E-state index in [9.17, 15) is 9.18 Å². The highest BCUT2D eigenvalue weighted by Crippen LogP contribution is 2.31. The van der Waals surface area contributed by atoms with Gasteiger partial charge in [0.15, 0.2) is 0 Å². The summed E-state index contributed by atoms with van der Waals surface area (Å²) in [6.45, 7) is 4.27. The van der Waals surface area contributed by atoms with Gasteiger partial charge in [0.05, 0.1) is 18.0 Å². The molecule has 146 valence electrons. The molecule has 3 aromatic rings. The lowest BCUT2D eigenvalue weighted by Gasteiger charge is -2.14. The van der Waals surface area contributed by atoms with E-state index in [1.165, 1.54) is 18.2 Å². The van der Waals surface area contributed by atoms with Crippen LogP contribution in [0.3, 0.4) is 0 Å². The molecule has 0 unspecified atom stereocenters. The van der Waals surface area contributed by atoms with E-state index in [4.69, 9.17) is 4.74 Å².